The molecule has 0 radical (unpaired) electrons. The number of benzene rings is 2. The van der Waals surface area contributed by atoms with E-state index in [9.17, 15) is 22.0 Å². The summed E-state index contributed by atoms with van der Waals surface area (Å²) in [6.07, 6.45) is 0. The maximum absolute atomic E-state index is 12.6. The molecule has 0 aliphatic carbocycles. The number of hydrogen-bond acceptors (Lipinski definition) is 6. The van der Waals surface area contributed by atoms with Crippen LogP contribution in [-0.4, -0.2) is 43.7 Å². The smallest absolute Gasteiger partial charge is 0.387 e. The first kappa shape index (κ1) is 25.3. The summed E-state index contributed by atoms with van der Waals surface area (Å²) >= 11 is 0. The Kier molecular flexibility index (Phi) is 7.95. The Bertz CT molecular complexity index is 1100. The third kappa shape index (κ3) is 6.49. The van der Waals surface area contributed by atoms with Crippen molar-refractivity contribution in [2.75, 3.05) is 16.8 Å². The highest BCUT2D eigenvalue weighted by molar-refractivity contribution is 7.93. The fourth-order valence-electron chi connectivity index (χ4n) is 3.36. The average molecular weight is 470 g/mol. The molecule has 1 heterocycles. The first-order valence-corrected chi connectivity index (χ1v) is 11.8. The molecule has 176 valence electrons. The Morgan fingerprint density at radius 1 is 1.19 bits per heavy atom. The molecule has 1 fully saturated rings. The number of halogens is 2. The molecule has 1 amide bonds. The molecule has 1 aliphatic rings. The van der Waals surface area contributed by atoms with Crippen molar-refractivity contribution >= 4 is 32.8 Å². The Morgan fingerprint density at radius 3 is 2.41 bits per heavy atom. The molecule has 1 aliphatic heterocycles. The maximum Gasteiger partial charge on any atom is 0.387 e. The Hall–Kier alpha value is -3.01. The summed E-state index contributed by atoms with van der Waals surface area (Å²) in [6, 6.07) is 10.7. The summed E-state index contributed by atoms with van der Waals surface area (Å²) in [5.41, 5.74) is 1.07. The van der Waals surface area contributed by atoms with E-state index in [1.54, 1.807) is 38.1 Å². The zero-order valence-corrected chi connectivity index (χ0v) is 19.1. The molecule has 0 unspecified atom stereocenters. The lowest BCUT2D eigenvalue weighted by molar-refractivity contribution is -0.0498. The molecule has 2 aromatic carbocycles. The minimum Gasteiger partial charge on any atom is -0.435 e. The van der Waals surface area contributed by atoms with Crippen molar-refractivity contribution in [2.45, 2.75) is 39.8 Å². The van der Waals surface area contributed by atoms with Gasteiger partial charge in [-0.15, -0.1) is 0 Å². The van der Waals surface area contributed by atoms with Crippen molar-refractivity contribution in [3.63, 3.8) is 0 Å². The summed E-state index contributed by atoms with van der Waals surface area (Å²) < 4.78 is 52.1. The molecule has 1 saturated heterocycles. The van der Waals surface area contributed by atoms with Gasteiger partial charge >= 0.3 is 6.61 Å². The van der Waals surface area contributed by atoms with Gasteiger partial charge in [-0.1, -0.05) is 19.9 Å². The zero-order valence-electron chi connectivity index (χ0n) is 18.3. The van der Waals surface area contributed by atoms with Gasteiger partial charge in [-0.3, -0.25) is 4.79 Å². The van der Waals surface area contributed by atoms with Gasteiger partial charge in [-0.2, -0.15) is 8.78 Å². The number of carbonyl (C=O) groups is 1. The van der Waals surface area contributed by atoms with Gasteiger partial charge < -0.3 is 20.8 Å². The molecule has 3 rings (SSSR count). The lowest BCUT2D eigenvalue weighted by atomic mass is 10.0. The number of ether oxygens (including phenoxy) is 1. The quantitative estimate of drug-likeness (QED) is 0.513. The summed E-state index contributed by atoms with van der Waals surface area (Å²) in [5, 5.41) is 13.8. The maximum atomic E-state index is 12.6. The van der Waals surface area contributed by atoms with Crippen LogP contribution in [-0.2, 0) is 9.84 Å². The molecule has 0 spiro atoms. The summed E-state index contributed by atoms with van der Waals surface area (Å²) in [6.45, 7) is 4.28. The SMILES string of the molecule is CC.CC(=N)c1cc(C(=O)NC2(C)CS(=O)(=O)C2)ccc1Nc1cccc(OC(F)F)c1.[HH]. The van der Waals surface area contributed by atoms with Crippen LogP contribution in [0.15, 0.2) is 42.5 Å². The minimum absolute atomic E-state index is 0. The van der Waals surface area contributed by atoms with Crippen LogP contribution in [0.4, 0.5) is 20.2 Å². The van der Waals surface area contributed by atoms with Crippen molar-refractivity contribution in [1.82, 2.24) is 5.32 Å². The molecule has 0 atom stereocenters. The second kappa shape index (κ2) is 10.1. The third-order valence-corrected chi connectivity index (χ3v) is 6.67. The Balaban J connectivity index is 0.00000177. The molecule has 0 aromatic heterocycles. The van der Waals surface area contributed by atoms with E-state index in [0.29, 0.717) is 16.9 Å². The summed E-state index contributed by atoms with van der Waals surface area (Å²) in [5.74, 6) is -0.672. The Labute approximate surface area is 188 Å². The molecule has 10 heteroatoms. The van der Waals surface area contributed by atoms with Gasteiger partial charge in [0.15, 0.2) is 9.84 Å². The standard InChI is InChI=1S/C20H21F2N3O4S.C2H6.H2/c1-12(23)16-8-13(18(26)25-20(2)10-30(27,28)11-20)6-7-17(16)24-14-4-3-5-15(9-14)29-19(21)22;1-2;/h3-9,19,23-24H,10-11H2,1-2H3,(H,25,26);1-2H3;1H. The van der Waals surface area contributed by atoms with Gasteiger partial charge in [0.1, 0.15) is 5.75 Å². The minimum atomic E-state index is -3.11. The molecule has 0 saturated carbocycles. The number of alkyl halides is 2. The van der Waals surface area contributed by atoms with E-state index in [1.807, 2.05) is 13.8 Å². The van der Waals surface area contributed by atoms with E-state index in [1.165, 1.54) is 18.2 Å². The predicted octanol–water partition coefficient (Wildman–Crippen LogP) is 4.61. The molecule has 2 aromatic rings. The second-order valence-electron chi connectivity index (χ2n) is 7.46. The van der Waals surface area contributed by atoms with Gasteiger partial charge in [-0.05, 0) is 44.2 Å². The van der Waals surface area contributed by atoms with Crippen molar-refractivity contribution in [3.05, 3.63) is 53.6 Å². The van der Waals surface area contributed by atoms with Gasteiger partial charge in [0.2, 0.25) is 0 Å². The van der Waals surface area contributed by atoms with Crippen molar-refractivity contribution in [1.29, 1.82) is 5.41 Å². The lowest BCUT2D eigenvalue weighted by Gasteiger charge is -2.38. The van der Waals surface area contributed by atoms with Gasteiger partial charge in [0.25, 0.3) is 5.91 Å². The predicted molar refractivity (Wildman–Crippen MR) is 123 cm³/mol. The number of hydrogen-bond donors (Lipinski definition) is 3. The second-order valence-corrected chi connectivity index (χ2v) is 9.53. The van der Waals surface area contributed by atoms with Crippen LogP contribution in [0.5, 0.6) is 5.75 Å². The van der Waals surface area contributed by atoms with Gasteiger partial charge in [-0.25, -0.2) is 8.42 Å². The van der Waals surface area contributed by atoms with Gasteiger partial charge in [0, 0.05) is 35.7 Å². The molecule has 32 heavy (non-hydrogen) atoms. The molecule has 3 N–H and O–H groups in total. The number of sulfone groups is 1. The number of carbonyl (C=O) groups excluding carboxylic acids is 1. The van der Waals surface area contributed by atoms with E-state index in [4.69, 9.17) is 5.41 Å². The number of rotatable bonds is 7. The highest BCUT2D eigenvalue weighted by Gasteiger charge is 2.45. The van der Waals surface area contributed by atoms with Crippen LogP contribution in [0.2, 0.25) is 0 Å². The van der Waals surface area contributed by atoms with Crippen LogP contribution in [0, 0.1) is 5.41 Å². The zero-order chi connectivity index (χ0) is 24.1. The van der Waals surface area contributed by atoms with E-state index >= 15 is 0 Å². The Morgan fingerprint density at radius 2 is 1.84 bits per heavy atom. The lowest BCUT2D eigenvalue weighted by Crippen LogP contribution is -2.63. The highest BCUT2D eigenvalue weighted by atomic mass is 32.2. The van der Waals surface area contributed by atoms with Crippen molar-refractivity contribution < 1.29 is 28.2 Å². The largest absolute Gasteiger partial charge is 0.435 e. The molecule has 7 nitrogen and oxygen atoms in total. The number of anilines is 2. The monoisotopic (exact) mass is 469 g/mol. The van der Waals surface area contributed by atoms with Crippen LogP contribution in [0.3, 0.4) is 0 Å². The third-order valence-electron chi connectivity index (χ3n) is 4.52. The fraction of sp³-hybridized carbons (Fsp3) is 0.364. The van der Waals surface area contributed by atoms with Crippen LogP contribution < -0.4 is 15.4 Å². The van der Waals surface area contributed by atoms with E-state index in [0.717, 1.165) is 0 Å². The molecular weight excluding hydrogens is 440 g/mol. The number of nitrogens with one attached hydrogen (secondary N) is 3. The van der Waals surface area contributed by atoms with Crippen molar-refractivity contribution in [2.24, 2.45) is 0 Å². The topological polar surface area (TPSA) is 108 Å². The van der Waals surface area contributed by atoms with E-state index < -0.39 is 27.9 Å². The average Bonchev–Trinajstić information content (AvgIpc) is 2.67. The van der Waals surface area contributed by atoms with Crippen molar-refractivity contribution in [3.8, 4) is 5.75 Å². The van der Waals surface area contributed by atoms with Gasteiger partial charge in [0.05, 0.1) is 17.0 Å². The van der Waals surface area contributed by atoms with Crippen LogP contribution >= 0.6 is 0 Å². The molecule has 0 bridgehead atoms. The number of amides is 1. The normalized spacial score (nSPS) is 15.6. The fourth-order valence-corrected chi connectivity index (χ4v) is 5.36. The first-order valence-electron chi connectivity index (χ1n) is 10.0. The van der Waals surface area contributed by atoms with Crippen LogP contribution in [0.1, 0.15) is 45.0 Å². The van der Waals surface area contributed by atoms with E-state index in [-0.39, 0.29) is 30.0 Å². The van der Waals surface area contributed by atoms with Crippen LogP contribution in [0.25, 0.3) is 0 Å². The van der Waals surface area contributed by atoms with E-state index in [2.05, 4.69) is 15.4 Å². The highest BCUT2D eigenvalue weighted by Crippen LogP contribution is 2.27. The summed E-state index contributed by atoms with van der Waals surface area (Å²) in [7, 11) is -3.11. The summed E-state index contributed by atoms with van der Waals surface area (Å²) in [4.78, 5) is 12.6. The first-order chi connectivity index (χ1) is 15.0. The molecular formula is C22H29F2N3O4S.